The molecule has 5 nitrogen and oxygen atoms in total. The Morgan fingerprint density at radius 1 is 1.21 bits per heavy atom. The lowest BCUT2D eigenvalue weighted by atomic mass is 10.0. The fourth-order valence-electron chi connectivity index (χ4n) is 1.67. The molecule has 0 saturated carbocycles. The molecule has 0 spiro atoms. The highest BCUT2D eigenvalue weighted by atomic mass is 19.1. The van der Waals surface area contributed by atoms with Crippen LogP contribution in [0, 0.1) is 21.7 Å². The third kappa shape index (κ3) is 2.30. The van der Waals surface area contributed by atoms with E-state index in [1.54, 1.807) is 0 Å². The smallest absolute Gasteiger partial charge is 0.296 e. The van der Waals surface area contributed by atoms with Gasteiger partial charge in [-0.25, -0.2) is 13.8 Å². The Bertz CT molecular complexity index is 674. The van der Waals surface area contributed by atoms with Crippen LogP contribution in [0.25, 0.3) is 11.1 Å². The van der Waals surface area contributed by atoms with Gasteiger partial charge in [-0.05, 0) is 24.3 Å². The first-order chi connectivity index (χ1) is 9.04. The van der Waals surface area contributed by atoms with Crippen molar-refractivity contribution in [2.24, 2.45) is 0 Å². The van der Waals surface area contributed by atoms with Crippen LogP contribution in [0.4, 0.5) is 14.5 Å². The number of aldehydes is 1. The van der Waals surface area contributed by atoms with Crippen molar-refractivity contribution in [3.8, 4) is 11.1 Å². The van der Waals surface area contributed by atoms with Crippen molar-refractivity contribution >= 4 is 12.0 Å². The number of hydrogen-bond donors (Lipinski definition) is 0. The zero-order valence-corrected chi connectivity index (χ0v) is 9.34. The van der Waals surface area contributed by atoms with E-state index in [-0.39, 0.29) is 17.4 Å². The zero-order valence-electron chi connectivity index (χ0n) is 9.34. The van der Waals surface area contributed by atoms with Gasteiger partial charge in [-0.2, -0.15) is 0 Å². The number of rotatable bonds is 3. The highest BCUT2D eigenvalue weighted by Gasteiger charge is 2.23. The van der Waals surface area contributed by atoms with Crippen LogP contribution in [0.5, 0.6) is 0 Å². The molecule has 7 heteroatoms. The van der Waals surface area contributed by atoms with E-state index in [1.807, 2.05) is 0 Å². The average Bonchev–Trinajstić information content (AvgIpc) is 2.40. The minimum atomic E-state index is -0.851. The molecule has 0 saturated heterocycles. The number of nitrogens with zero attached hydrogens (tertiary/aromatic N) is 2. The Hall–Kier alpha value is -2.70. The van der Waals surface area contributed by atoms with E-state index in [1.165, 1.54) is 0 Å². The summed E-state index contributed by atoms with van der Waals surface area (Å²) in [6.45, 7) is 0. The van der Waals surface area contributed by atoms with Crippen molar-refractivity contribution in [3.05, 3.63) is 57.9 Å². The molecule has 19 heavy (non-hydrogen) atoms. The predicted octanol–water partition coefficient (Wildman–Crippen LogP) is 2.75. The molecule has 0 aliphatic heterocycles. The molecule has 1 aromatic carbocycles. The lowest BCUT2D eigenvalue weighted by Crippen LogP contribution is -2.01. The van der Waals surface area contributed by atoms with E-state index in [0.717, 1.165) is 30.5 Å². The summed E-state index contributed by atoms with van der Waals surface area (Å²) in [5.74, 6) is -1.57. The van der Waals surface area contributed by atoms with Crippen molar-refractivity contribution in [2.75, 3.05) is 0 Å². The molecular formula is C12H6F2N2O3. The van der Waals surface area contributed by atoms with E-state index in [4.69, 9.17) is 0 Å². The summed E-state index contributed by atoms with van der Waals surface area (Å²) in [5.41, 5.74) is -1.58. The van der Waals surface area contributed by atoms with Gasteiger partial charge in [0.05, 0.1) is 10.5 Å². The molecule has 0 unspecified atom stereocenters. The van der Waals surface area contributed by atoms with Crippen LogP contribution in [0.1, 0.15) is 10.5 Å². The van der Waals surface area contributed by atoms with Gasteiger partial charge in [0.25, 0.3) is 0 Å². The molecular weight excluding hydrogens is 258 g/mol. The third-order valence-electron chi connectivity index (χ3n) is 2.47. The Morgan fingerprint density at radius 3 is 2.58 bits per heavy atom. The van der Waals surface area contributed by atoms with Crippen molar-refractivity contribution < 1.29 is 18.5 Å². The number of pyridine rings is 1. The second-order valence-corrected chi connectivity index (χ2v) is 3.59. The molecule has 2 aromatic rings. The molecule has 0 amide bonds. The number of carbonyl (C=O) groups excluding carboxylic acids is 1. The molecule has 0 aliphatic rings. The second kappa shape index (κ2) is 4.89. The summed E-state index contributed by atoms with van der Waals surface area (Å²) >= 11 is 0. The van der Waals surface area contributed by atoms with Crippen molar-refractivity contribution in [3.63, 3.8) is 0 Å². The molecule has 96 valence electrons. The molecule has 0 atom stereocenters. The van der Waals surface area contributed by atoms with Gasteiger partial charge < -0.3 is 0 Å². The minimum absolute atomic E-state index is 0.193. The Kier molecular flexibility index (Phi) is 3.28. The lowest BCUT2D eigenvalue weighted by molar-refractivity contribution is -0.384. The standard InChI is InChI=1S/C12H6F2N2O3/c13-7-1-2-10(14)9(5-7)8-3-4-15-11(6-17)12(8)16(18)19/h1-6H. The maximum absolute atomic E-state index is 13.6. The van der Waals surface area contributed by atoms with Gasteiger partial charge in [0.15, 0.2) is 12.0 Å². The summed E-state index contributed by atoms with van der Waals surface area (Å²) < 4.78 is 26.8. The highest BCUT2D eigenvalue weighted by Crippen LogP contribution is 2.33. The number of hydrogen-bond acceptors (Lipinski definition) is 4. The van der Waals surface area contributed by atoms with Gasteiger partial charge >= 0.3 is 5.69 Å². The molecule has 2 rings (SSSR count). The minimum Gasteiger partial charge on any atom is -0.296 e. The van der Waals surface area contributed by atoms with E-state index in [9.17, 15) is 23.7 Å². The van der Waals surface area contributed by atoms with Crippen LogP contribution >= 0.6 is 0 Å². The maximum Gasteiger partial charge on any atom is 0.306 e. The Balaban J connectivity index is 2.78. The Labute approximate surface area is 105 Å². The fraction of sp³-hybridized carbons (Fsp3) is 0. The van der Waals surface area contributed by atoms with Gasteiger partial charge in [0, 0.05) is 11.8 Å². The lowest BCUT2D eigenvalue weighted by Gasteiger charge is -2.05. The number of aromatic nitrogens is 1. The molecule has 1 aromatic heterocycles. The summed E-state index contributed by atoms with van der Waals surface area (Å²) in [6.07, 6.45) is 1.31. The van der Waals surface area contributed by atoms with Crippen LogP contribution in [0.15, 0.2) is 30.5 Å². The van der Waals surface area contributed by atoms with Gasteiger partial charge in [-0.3, -0.25) is 14.9 Å². The second-order valence-electron chi connectivity index (χ2n) is 3.59. The number of halogens is 2. The van der Waals surface area contributed by atoms with Crippen LogP contribution in [0.3, 0.4) is 0 Å². The number of nitro groups is 1. The van der Waals surface area contributed by atoms with Gasteiger partial charge in [0.2, 0.25) is 0 Å². The number of benzene rings is 1. The normalized spacial score (nSPS) is 10.2. The van der Waals surface area contributed by atoms with E-state index in [0.29, 0.717) is 0 Å². The molecule has 1 heterocycles. The maximum atomic E-state index is 13.6. The first kappa shape index (κ1) is 12.7. The Morgan fingerprint density at radius 2 is 1.95 bits per heavy atom. The largest absolute Gasteiger partial charge is 0.306 e. The van der Waals surface area contributed by atoms with Crippen molar-refractivity contribution in [1.82, 2.24) is 4.98 Å². The highest BCUT2D eigenvalue weighted by molar-refractivity contribution is 5.86. The van der Waals surface area contributed by atoms with Crippen molar-refractivity contribution in [1.29, 1.82) is 0 Å². The molecule has 0 aliphatic carbocycles. The zero-order chi connectivity index (χ0) is 14.0. The van der Waals surface area contributed by atoms with E-state index in [2.05, 4.69) is 4.98 Å². The SMILES string of the molecule is O=Cc1nccc(-c2cc(F)ccc2F)c1[N+](=O)[O-]. The topological polar surface area (TPSA) is 73.1 Å². The van der Waals surface area contributed by atoms with Gasteiger partial charge in [0.1, 0.15) is 11.6 Å². The molecule has 0 bridgehead atoms. The van der Waals surface area contributed by atoms with Gasteiger partial charge in [-0.15, -0.1) is 0 Å². The molecule has 0 fully saturated rings. The average molecular weight is 264 g/mol. The fourth-order valence-corrected chi connectivity index (χ4v) is 1.67. The molecule has 0 radical (unpaired) electrons. The number of carbonyl (C=O) groups is 1. The van der Waals surface area contributed by atoms with Crippen LogP contribution in [0.2, 0.25) is 0 Å². The first-order valence-corrected chi connectivity index (χ1v) is 5.08. The predicted molar refractivity (Wildman–Crippen MR) is 61.6 cm³/mol. The van der Waals surface area contributed by atoms with Crippen LogP contribution < -0.4 is 0 Å². The monoisotopic (exact) mass is 264 g/mol. The van der Waals surface area contributed by atoms with E-state index < -0.39 is 27.9 Å². The van der Waals surface area contributed by atoms with Crippen molar-refractivity contribution in [2.45, 2.75) is 0 Å². The third-order valence-corrected chi connectivity index (χ3v) is 2.47. The van der Waals surface area contributed by atoms with E-state index >= 15 is 0 Å². The summed E-state index contributed by atoms with van der Waals surface area (Å²) in [7, 11) is 0. The van der Waals surface area contributed by atoms with Gasteiger partial charge in [-0.1, -0.05) is 0 Å². The summed E-state index contributed by atoms with van der Waals surface area (Å²) in [5, 5.41) is 11.0. The quantitative estimate of drug-likeness (QED) is 0.485. The first-order valence-electron chi connectivity index (χ1n) is 5.08. The summed E-state index contributed by atoms with van der Waals surface area (Å²) in [6, 6.07) is 3.73. The van der Waals surface area contributed by atoms with Crippen LogP contribution in [-0.2, 0) is 0 Å². The van der Waals surface area contributed by atoms with Crippen LogP contribution in [-0.4, -0.2) is 16.2 Å². The summed E-state index contributed by atoms with van der Waals surface area (Å²) in [4.78, 5) is 24.4. The molecule has 0 N–H and O–H groups in total.